The minimum atomic E-state index is -3.57. The van der Waals surface area contributed by atoms with E-state index >= 15 is 0 Å². The Morgan fingerprint density at radius 1 is 1.03 bits per heavy atom. The number of hydrogen-bond donors (Lipinski definition) is 5. The minimum absolute atomic E-state index is 0.00268. The van der Waals surface area contributed by atoms with Crippen LogP contribution in [0.1, 0.15) is 22.0 Å². The maximum atomic E-state index is 11.4. The molecule has 0 saturated heterocycles. The summed E-state index contributed by atoms with van der Waals surface area (Å²) in [5.41, 5.74) is 2.21. The molecule has 0 aromatic heterocycles. The molecule has 0 fully saturated rings. The molecular formula is C25H28N2O8S. The van der Waals surface area contributed by atoms with Crippen LogP contribution >= 0.6 is 0 Å². The van der Waals surface area contributed by atoms with E-state index in [2.05, 4.69) is 10.0 Å². The number of anilines is 1. The smallest absolute Gasteiger partial charge is 0.339 e. The summed E-state index contributed by atoms with van der Waals surface area (Å²) < 4.78 is 35.9. The fraction of sp³-hybridized carbons (Fsp3) is 0.240. The van der Waals surface area contributed by atoms with Crippen molar-refractivity contribution in [2.24, 2.45) is 0 Å². The standard InChI is InChI=1S/C25H28N2O8S/c1-34-24-14-17(5-9-20(24)25(30)31)16-3-7-19(8-4-16)35-12-11-26-15-23(29)18-6-10-22(28)21(13-18)27-36(2,32)33/h3-10,13-14,23,26-29H,11-12,15H2,1-2H3,(H,30,31). The molecule has 0 aliphatic heterocycles. The first kappa shape index (κ1) is 26.8. The highest BCUT2D eigenvalue weighted by Crippen LogP contribution is 2.29. The Labute approximate surface area is 209 Å². The Kier molecular flexibility index (Phi) is 8.75. The summed E-state index contributed by atoms with van der Waals surface area (Å²) in [6.07, 6.45) is 0.0508. The normalized spacial score (nSPS) is 12.1. The summed E-state index contributed by atoms with van der Waals surface area (Å²) >= 11 is 0. The molecule has 1 unspecified atom stereocenters. The highest BCUT2D eigenvalue weighted by molar-refractivity contribution is 7.92. The van der Waals surface area contributed by atoms with Crippen molar-refractivity contribution in [1.29, 1.82) is 0 Å². The first-order valence-electron chi connectivity index (χ1n) is 10.9. The van der Waals surface area contributed by atoms with E-state index in [4.69, 9.17) is 9.47 Å². The number of aromatic carboxylic acids is 1. The van der Waals surface area contributed by atoms with Gasteiger partial charge < -0.3 is 30.1 Å². The molecule has 3 aromatic carbocycles. The van der Waals surface area contributed by atoms with Crippen LogP contribution in [0.2, 0.25) is 0 Å². The quantitative estimate of drug-likeness (QED) is 0.181. The first-order valence-corrected chi connectivity index (χ1v) is 12.8. The lowest BCUT2D eigenvalue weighted by Gasteiger charge is -2.15. The largest absolute Gasteiger partial charge is 0.506 e. The number of benzene rings is 3. The number of carbonyl (C=O) groups is 1. The van der Waals surface area contributed by atoms with Crippen LogP contribution < -0.4 is 19.5 Å². The molecule has 0 heterocycles. The predicted octanol–water partition coefficient (Wildman–Crippen LogP) is 2.84. The molecule has 36 heavy (non-hydrogen) atoms. The van der Waals surface area contributed by atoms with Crippen molar-refractivity contribution < 1.29 is 38.0 Å². The van der Waals surface area contributed by atoms with Gasteiger partial charge in [-0.15, -0.1) is 0 Å². The van der Waals surface area contributed by atoms with Crippen molar-refractivity contribution in [3.05, 3.63) is 71.8 Å². The van der Waals surface area contributed by atoms with Gasteiger partial charge in [-0.2, -0.15) is 0 Å². The van der Waals surface area contributed by atoms with Crippen LogP contribution in [-0.2, 0) is 10.0 Å². The summed E-state index contributed by atoms with van der Waals surface area (Å²) in [7, 11) is -2.15. The number of ether oxygens (including phenoxy) is 2. The van der Waals surface area contributed by atoms with E-state index in [0.29, 0.717) is 24.5 Å². The molecule has 0 aliphatic rings. The van der Waals surface area contributed by atoms with E-state index < -0.39 is 22.1 Å². The van der Waals surface area contributed by atoms with Gasteiger partial charge in [-0.25, -0.2) is 13.2 Å². The zero-order chi connectivity index (χ0) is 26.3. The van der Waals surface area contributed by atoms with E-state index in [9.17, 15) is 28.5 Å². The zero-order valence-electron chi connectivity index (χ0n) is 19.8. The van der Waals surface area contributed by atoms with Gasteiger partial charge in [0.05, 0.1) is 25.2 Å². The monoisotopic (exact) mass is 516 g/mol. The lowest BCUT2D eigenvalue weighted by molar-refractivity contribution is 0.0693. The Hall–Kier alpha value is -3.80. The molecule has 1 atom stereocenters. The maximum Gasteiger partial charge on any atom is 0.339 e. The summed E-state index contributed by atoms with van der Waals surface area (Å²) in [4.78, 5) is 11.3. The average molecular weight is 517 g/mol. The van der Waals surface area contributed by atoms with Crippen LogP contribution in [-0.4, -0.2) is 62.8 Å². The average Bonchev–Trinajstić information content (AvgIpc) is 2.84. The molecule has 192 valence electrons. The third-order valence-electron chi connectivity index (χ3n) is 5.21. The summed E-state index contributed by atoms with van der Waals surface area (Å²) in [5, 5.41) is 32.5. The molecule has 0 saturated carbocycles. The van der Waals surface area contributed by atoms with Gasteiger partial charge in [-0.3, -0.25) is 4.72 Å². The van der Waals surface area contributed by atoms with Gasteiger partial charge in [0, 0.05) is 13.1 Å². The third-order valence-corrected chi connectivity index (χ3v) is 5.80. The van der Waals surface area contributed by atoms with Gasteiger partial charge in [0.15, 0.2) is 0 Å². The van der Waals surface area contributed by atoms with Crippen molar-refractivity contribution in [2.75, 3.05) is 37.8 Å². The van der Waals surface area contributed by atoms with Crippen molar-refractivity contribution in [3.8, 4) is 28.4 Å². The van der Waals surface area contributed by atoms with Crippen molar-refractivity contribution in [3.63, 3.8) is 0 Å². The topological polar surface area (TPSA) is 154 Å². The van der Waals surface area contributed by atoms with Crippen molar-refractivity contribution in [1.82, 2.24) is 5.32 Å². The van der Waals surface area contributed by atoms with Crippen LogP contribution in [0.3, 0.4) is 0 Å². The number of rotatable bonds is 12. The van der Waals surface area contributed by atoms with Gasteiger partial charge in [0.25, 0.3) is 0 Å². The van der Waals surface area contributed by atoms with E-state index in [1.807, 2.05) is 12.1 Å². The predicted molar refractivity (Wildman–Crippen MR) is 135 cm³/mol. The maximum absolute atomic E-state index is 11.4. The Morgan fingerprint density at radius 3 is 2.36 bits per heavy atom. The number of aromatic hydroxyl groups is 1. The van der Waals surface area contributed by atoms with Crippen LogP contribution in [0, 0.1) is 0 Å². The first-order chi connectivity index (χ1) is 17.1. The SMILES string of the molecule is COc1cc(-c2ccc(OCCNCC(O)c3ccc(O)c(NS(C)(=O)=O)c3)cc2)ccc1C(=O)O. The molecule has 0 spiro atoms. The molecule has 3 aromatic rings. The second-order valence-corrected chi connectivity index (χ2v) is 9.71. The van der Waals surface area contributed by atoms with Gasteiger partial charge in [0.2, 0.25) is 10.0 Å². The Balaban J connectivity index is 1.49. The number of phenolic OH excluding ortho intramolecular Hbond substituents is 1. The lowest BCUT2D eigenvalue weighted by atomic mass is 10.0. The molecule has 0 aliphatic carbocycles. The number of nitrogens with one attached hydrogen (secondary N) is 2. The van der Waals surface area contributed by atoms with Crippen LogP contribution in [0.25, 0.3) is 11.1 Å². The van der Waals surface area contributed by atoms with E-state index in [-0.39, 0.29) is 29.3 Å². The van der Waals surface area contributed by atoms with Gasteiger partial charge in [-0.05, 0) is 53.1 Å². The molecule has 5 N–H and O–H groups in total. The Bertz CT molecular complexity index is 1310. The number of aliphatic hydroxyl groups is 1. The summed E-state index contributed by atoms with van der Waals surface area (Å²) in [5.74, 6) is -0.366. The number of hydrogen-bond acceptors (Lipinski definition) is 8. The van der Waals surface area contributed by atoms with Crippen molar-refractivity contribution in [2.45, 2.75) is 6.10 Å². The molecule has 11 heteroatoms. The number of phenols is 1. The summed E-state index contributed by atoms with van der Waals surface area (Å²) in [6, 6.07) is 16.4. The molecule has 10 nitrogen and oxygen atoms in total. The number of sulfonamides is 1. The highest BCUT2D eigenvalue weighted by atomic mass is 32.2. The van der Waals surface area contributed by atoms with E-state index in [0.717, 1.165) is 17.4 Å². The third kappa shape index (κ3) is 7.35. The fourth-order valence-electron chi connectivity index (χ4n) is 3.43. The molecular weight excluding hydrogens is 488 g/mol. The van der Waals surface area contributed by atoms with Crippen molar-refractivity contribution >= 4 is 21.7 Å². The molecule has 0 radical (unpaired) electrons. The van der Waals surface area contributed by atoms with Crippen LogP contribution in [0.5, 0.6) is 17.2 Å². The fourth-order valence-corrected chi connectivity index (χ4v) is 3.99. The second-order valence-electron chi connectivity index (χ2n) is 7.96. The number of methoxy groups -OCH3 is 1. The molecule has 3 rings (SSSR count). The second kappa shape index (κ2) is 11.8. The zero-order valence-corrected chi connectivity index (χ0v) is 20.6. The molecule has 0 bridgehead atoms. The number of carboxylic acid groups (broad SMARTS) is 1. The highest BCUT2D eigenvalue weighted by Gasteiger charge is 2.14. The Morgan fingerprint density at radius 2 is 1.72 bits per heavy atom. The van der Waals surface area contributed by atoms with E-state index in [1.54, 1.807) is 24.3 Å². The summed E-state index contributed by atoms with van der Waals surface area (Å²) in [6.45, 7) is 0.975. The van der Waals surface area contributed by atoms with Gasteiger partial charge in [-0.1, -0.05) is 24.3 Å². The van der Waals surface area contributed by atoms with Gasteiger partial charge >= 0.3 is 5.97 Å². The van der Waals surface area contributed by atoms with Crippen LogP contribution in [0.15, 0.2) is 60.7 Å². The van der Waals surface area contributed by atoms with Gasteiger partial charge in [0.1, 0.15) is 29.4 Å². The minimum Gasteiger partial charge on any atom is -0.506 e. The molecule has 0 amide bonds. The lowest BCUT2D eigenvalue weighted by Crippen LogP contribution is -2.26. The number of carboxylic acids is 1. The van der Waals surface area contributed by atoms with Crippen LogP contribution in [0.4, 0.5) is 5.69 Å². The number of aliphatic hydroxyl groups excluding tert-OH is 1. The van der Waals surface area contributed by atoms with E-state index in [1.165, 1.54) is 31.4 Å².